The van der Waals surface area contributed by atoms with E-state index in [0.29, 0.717) is 6.04 Å². The minimum Gasteiger partial charge on any atom is -0.316 e. The fourth-order valence-corrected chi connectivity index (χ4v) is 3.24. The topological polar surface area (TPSA) is 24.9 Å². The zero-order valence-electron chi connectivity index (χ0n) is 12.8. The minimum atomic E-state index is 0.142. The van der Waals surface area contributed by atoms with Gasteiger partial charge in [-0.05, 0) is 19.0 Å². The number of nitrogens with zero attached hydrogens (tertiary/aromatic N) is 1. The highest BCUT2D eigenvalue weighted by atomic mass is 32.1. The van der Waals surface area contributed by atoms with Gasteiger partial charge < -0.3 is 5.32 Å². The van der Waals surface area contributed by atoms with E-state index in [9.17, 15) is 0 Å². The van der Waals surface area contributed by atoms with E-state index in [2.05, 4.69) is 61.8 Å². The van der Waals surface area contributed by atoms with Crippen LogP contribution in [0.4, 0.5) is 0 Å². The summed E-state index contributed by atoms with van der Waals surface area (Å²) in [5.74, 6) is 0. The Morgan fingerprint density at radius 3 is 2.40 bits per heavy atom. The van der Waals surface area contributed by atoms with Gasteiger partial charge in [-0.15, -0.1) is 11.3 Å². The molecule has 0 aliphatic heterocycles. The lowest BCUT2D eigenvalue weighted by atomic mass is 9.93. The highest BCUT2D eigenvalue weighted by Gasteiger charge is 2.18. The van der Waals surface area contributed by atoms with E-state index >= 15 is 0 Å². The zero-order chi connectivity index (χ0) is 14.6. The Kier molecular flexibility index (Phi) is 4.95. The Morgan fingerprint density at radius 1 is 1.15 bits per heavy atom. The van der Waals surface area contributed by atoms with Gasteiger partial charge in [0.15, 0.2) is 0 Å². The van der Waals surface area contributed by atoms with E-state index in [1.165, 1.54) is 16.3 Å². The number of rotatable bonds is 5. The molecular formula is C17H24N2S. The van der Waals surface area contributed by atoms with Crippen molar-refractivity contribution in [3.8, 4) is 0 Å². The molecule has 0 radical (unpaired) electrons. The molecule has 0 spiro atoms. The average molecular weight is 288 g/mol. The van der Waals surface area contributed by atoms with E-state index in [-0.39, 0.29) is 5.41 Å². The summed E-state index contributed by atoms with van der Waals surface area (Å²) >= 11 is 1.78. The maximum absolute atomic E-state index is 4.79. The average Bonchev–Trinajstić information content (AvgIpc) is 2.87. The predicted molar refractivity (Wildman–Crippen MR) is 87.5 cm³/mol. The van der Waals surface area contributed by atoms with E-state index in [0.717, 1.165) is 12.8 Å². The molecule has 2 aromatic rings. The summed E-state index contributed by atoms with van der Waals surface area (Å²) in [5.41, 5.74) is 2.72. The van der Waals surface area contributed by atoms with Crippen LogP contribution in [0.15, 0.2) is 35.7 Å². The number of thiazole rings is 1. The van der Waals surface area contributed by atoms with Crippen molar-refractivity contribution in [3.63, 3.8) is 0 Å². The summed E-state index contributed by atoms with van der Waals surface area (Å²) in [4.78, 5) is 4.79. The van der Waals surface area contributed by atoms with Crippen LogP contribution in [-0.2, 0) is 18.3 Å². The largest absolute Gasteiger partial charge is 0.316 e. The monoisotopic (exact) mass is 288 g/mol. The molecule has 0 saturated heterocycles. The van der Waals surface area contributed by atoms with Crippen LogP contribution in [0.5, 0.6) is 0 Å². The second-order valence-corrected chi connectivity index (χ2v) is 7.20. The van der Waals surface area contributed by atoms with Crippen molar-refractivity contribution in [3.05, 3.63) is 52.0 Å². The van der Waals surface area contributed by atoms with Gasteiger partial charge in [0.25, 0.3) is 0 Å². The van der Waals surface area contributed by atoms with Crippen LogP contribution in [0.2, 0.25) is 0 Å². The molecule has 0 fully saturated rings. The number of aromatic nitrogens is 1. The molecule has 1 N–H and O–H groups in total. The van der Waals surface area contributed by atoms with Crippen LogP contribution in [0.3, 0.4) is 0 Å². The Bertz CT molecular complexity index is 525. The second-order valence-electron chi connectivity index (χ2n) is 6.26. The quantitative estimate of drug-likeness (QED) is 0.905. The number of likely N-dealkylation sites (N-methyl/N-ethyl adjacent to an activating group) is 1. The maximum Gasteiger partial charge on any atom is 0.0944 e. The molecule has 0 aliphatic carbocycles. The molecule has 1 aromatic heterocycles. The molecule has 1 heterocycles. The lowest BCUT2D eigenvalue weighted by Crippen LogP contribution is -2.30. The van der Waals surface area contributed by atoms with Crippen LogP contribution in [-0.4, -0.2) is 18.1 Å². The first kappa shape index (κ1) is 15.2. The highest BCUT2D eigenvalue weighted by molar-refractivity contribution is 7.09. The maximum atomic E-state index is 4.79. The normalized spacial score (nSPS) is 13.4. The van der Waals surface area contributed by atoms with Crippen molar-refractivity contribution in [2.75, 3.05) is 7.05 Å². The van der Waals surface area contributed by atoms with Gasteiger partial charge in [-0.3, -0.25) is 0 Å². The molecule has 108 valence electrons. The number of hydrogen-bond acceptors (Lipinski definition) is 3. The third kappa shape index (κ3) is 4.15. The fourth-order valence-electron chi connectivity index (χ4n) is 2.13. The molecule has 0 bridgehead atoms. The van der Waals surface area contributed by atoms with Gasteiger partial charge in [-0.2, -0.15) is 0 Å². The zero-order valence-corrected chi connectivity index (χ0v) is 13.6. The van der Waals surface area contributed by atoms with Crippen molar-refractivity contribution in [2.45, 2.75) is 45.1 Å². The smallest absolute Gasteiger partial charge is 0.0944 e. The van der Waals surface area contributed by atoms with Crippen LogP contribution in [0.25, 0.3) is 0 Å². The first-order valence-electron chi connectivity index (χ1n) is 7.15. The Morgan fingerprint density at radius 2 is 1.85 bits per heavy atom. The van der Waals surface area contributed by atoms with Crippen molar-refractivity contribution >= 4 is 11.3 Å². The summed E-state index contributed by atoms with van der Waals surface area (Å²) in [7, 11) is 2.03. The van der Waals surface area contributed by atoms with E-state index < -0.39 is 0 Å². The summed E-state index contributed by atoms with van der Waals surface area (Å²) in [6.45, 7) is 6.64. The van der Waals surface area contributed by atoms with Gasteiger partial charge in [0.1, 0.15) is 0 Å². The molecule has 0 aliphatic rings. The lowest BCUT2D eigenvalue weighted by Gasteiger charge is -2.16. The lowest BCUT2D eigenvalue weighted by molar-refractivity contribution is 0.544. The Hall–Kier alpha value is -1.19. The first-order chi connectivity index (χ1) is 9.49. The molecule has 1 atom stereocenters. The fraction of sp³-hybridized carbons (Fsp3) is 0.471. The Balaban J connectivity index is 2.01. The van der Waals surface area contributed by atoms with Crippen molar-refractivity contribution in [1.29, 1.82) is 0 Å². The third-order valence-electron chi connectivity index (χ3n) is 3.47. The van der Waals surface area contributed by atoms with Crippen LogP contribution in [0, 0.1) is 0 Å². The van der Waals surface area contributed by atoms with Crippen LogP contribution >= 0.6 is 11.3 Å². The number of hydrogen-bond donors (Lipinski definition) is 1. The standard InChI is InChI=1S/C17H24N2S/c1-17(2,3)15-12-20-16(19-15)11-14(18-4)10-13-8-6-5-7-9-13/h5-9,12,14,18H,10-11H2,1-4H3. The van der Waals surface area contributed by atoms with Crippen molar-refractivity contribution < 1.29 is 0 Å². The second kappa shape index (κ2) is 6.51. The summed E-state index contributed by atoms with van der Waals surface area (Å²) in [6, 6.07) is 11.1. The van der Waals surface area contributed by atoms with Crippen molar-refractivity contribution in [1.82, 2.24) is 10.3 Å². The van der Waals surface area contributed by atoms with Gasteiger partial charge in [0, 0.05) is 23.3 Å². The SMILES string of the molecule is CNC(Cc1ccccc1)Cc1nc(C(C)(C)C)cs1. The highest BCUT2D eigenvalue weighted by Crippen LogP contribution is 2.24. The molecule has 2 nitrogen and oxygen atoms in total. The van der Waals surface area contributed by atoms with Crippen LogP contribution < -0.4 is 5.32 Å². The van der Waals surface area contributed by atoms with E-state index in [1.54, 1.807) is 11.3 Å². The minimum absolute atomic E-state index is 0.142. The molecule has 1 aromatic carbocycles. The van der Waals surface area contributed by atoms with Gasteiger partial charge >= 0.3 is 0 Å². The molecule has 1 unspecified atom stereocenters. The summed E-state index contributed by atoms with van der Waals surface area (Å²) in [5, 5.41) is 6.84. The summed E-state index contributed by atoms with van der Waals surface area (Å²) < 4.78 is 0. The third-order valence-corrected chi connectivity index (χ3v) is 4.35. The van der Waals surface area contributed by atoms with Crippen molar-refractivity contribution in [2.24, 2.45) is 0 Å². The van der Waals surface area contributed by atoms with Gasteiger partial charge in [-0.1, -0.05) is 51.1 Å². The molecule has 3 heteroatoms. The van der Waals surface area contributed by atoms with E-state index in [4.69, 9.17) is 4.98 Å². The Labute approximate surface area is 126 Å². The van der Waals surface area contributed by atoms with Gasteiger partial charge in [0.2, 0.25) is 0 Å². The molecule has 0 amide bonds. The number of nitrogens with one attached hydrogen (secondary N) is 1. The molecular weight excluding hydrogens is 264 g/mol. The van der Waals surface area contributed by atoms with Gasteiger partial charge in [0.05, 0.1) is 10.7 Å². The van der Waals surface area contributed by atoms with E-state index in [1.807, 2.05) is 7.05 Å². The molecule has 2 rings (SSSR count). The van der Waals surface area contributed by atoms with Crippen LogP contribution in [0.1, 0.15) is 37.0 Å². The molecule has 20 heavy (non-hydrogen) atoms. The molecule has 0 saturated carbocycles. The predicted octanol–water partition coefficient (Wildman–Crippen LogP) is 3.81. The number of benzene rings is 1. The first-order valence-corrected chi connectivity index (χ1v) is 8.03. The van der Waals surface area contributed by atoms with Gasteiger partial charge in [-0.25, -0.2) is 4.98 Å². The summed E-state index contributed by atoms with van der Waals surface area (Å²) in [6.07, 6.45) is 2.04.